The van der Waals surface area contributed by atoms with E-state index in [1.165, 1.54) is 0 Å². The van der Waals surface area contributed by atoms with Crippen LogP contribution in [0.5, 0.6) is 0 Å². The van der Waals surface area contributed by atoms with Crippen molar-refractivity contribution in [3.05, 3.63) is 35.9 Å². The van der Waals surface area contributed by atoms with Gasteiger partial charge in [0.15, 0.2) is 9.84 Å². The van der Waals surface area contributed by atoms with Crippen LogP contribution in [0.3, 0.4) is 0 Å². The lowest BCUT2D eigenvalue weighted by atomic mass is 10.0. The fourth-order valence-corrected chi connectivity index (χ4v) is 5.34. The first-order chi connectivity index (χ1) is 12.0. The third kappa shape index (κ3) is 5.52. The number of benzene rings is 1. The highest BCUT2D eigenvalue weighted by Gasteiger charge is 2.34. The van der Waals surface area contributed by atoms with Gasteiger partial charge < -0.3 is 10.1 Å². The molecule has 2 fully saturated rings. The molecule has 1 N–H and O–H groups in total. The van der Waals surface area contributed by atoms with Crippen LogP contribution in [-0.2, 0) is 26.0 Å². The number of sulfone groups is 1. The van der Waals surface area contributed by atoms with Gasteiger partial charge in [-0.25, -0.2) is 8.42 Å². The van der Waals surface area contributed by atoms with Gasteiger partial charge in [-0.15, -0.1) is 0 Å². The number of carbonyl (C=O) groups is 1. The van der Waals surface area contributed by atoms with Gasteiger partial charge in [0.25, 0.3) is 0 Å². The summed E-state index contributed by atoms with van der Waals surface area (Å²) < 4.78 is 28.7. The van der Waals surface area contributed by atoms with Crippen LogP contribution in [0.15, 0.2) is 30.3 Å². The van der Waals surface area contributed by atoms with E-state index in [-0.39, 0.29) is 30.4 Å². The average molecular weight is 366 g/mol. The Morgan fingerprint density at radius 1 is 1.16 bits per heavy atom. The maximum atomic E-state index is 12.0. The highest BCUT2D eigenvalue weighted by atomic mass is 32.2. The van der Waals surface area contributed by atoms with Crippen molar-refractivity contribution in [2.45, 2.75) is 38.0 Å². The van der Waals surface area contributed by atoms with Crippen molar-refractivity contribution in [3.63, 3.8) is 0 Å². The topological polar surface area (TPSA) is 75.7 Å². The summed E-state index contributed by atoms with van der Waals surface area (Å²) in [5.74, 6) is 0.516. The molecule has 3 rings (SSSR count). The number of nitrogens with one attached hydrogen (secondary N) is 1. The lowest BCUT2D eigenvalue weighted by molar-refractivity contribution is -0.127. The molecular weight excluding hydrogens is 340 g/mol. The molecule has 0 aliphatic carbocycles. The van der Waals surface area contributed by atoms with Crippen molar-refractivity contribution in [2.24, 2.45) is 0 Å². The largest absolute Gasteiger partial charge is 0.367 e. The molecule has 2 heterocycles. The Kier molecular flexibility index (Phi) is 6.09. The number of likely N-dealkylation sites (tertiary alicyclic amines) is 1. The van der Waals surface area contributed by atoms with Crippen LogP contribution in [0.1, 0.15) is 24.8 Å². The minimum atomic E-state index is -2.84. The first kappa shape index (κ1) is 18.4. The Labute approximate surface area is 149 Å². The number of amides is 1. The summed E-state index contributed by atoms with van der Waals surface area (Å²) in [6.45, 7) is 2.19. The fourth-order valence-electron chi connectivity index (χ4n) is 3.58. The SMILES string of the molecule is O=C(COCc1ccccc1)NC1CCN([C@@H]2CCS(=O)(=O)C2)CC1. The summed E-state index contributed by atoms with van der Waals surface area (Å²) in [5, 5.41) is 3.02. The molecule has 2 aliphatic rings. The number of ether oxygens (including phenoxy) is 1. The molecule has 0 bridgehead atoms. The van der Waals surface area contributed by atoms with Crippen LogP contribution >= 0.6 is 0 Å². The molecule has 1 aromatic carbocycles. The van der Waals surface area contributed by atoms with E-state index < -0.39 is 9.84 Å². The fraction of sp³-hybridized carbons (Fsp3) is 0.611. The molecule has 0 saturated carbocycles. The molecule has 0 spiro atoms. The van der Waals surface area contributed by atoms with Crippen molar-refractivity contribution in [1.82, 2.24) is 10.2 Å². The number of carbonyl (C=O) groups excluding carboxylic acids is 1. The van der Waals surface area contributed by atoms with Gasteiger partial charge in [0.05, 0.1) is 18.1 Å². The first-order valence-electron chi connectivity index (χ1n) is 8.87. The van der Waals surface area contributed by atoms with E-state index >= 15 is 0 Å². The predicted octanol–water partition coefficient (Wildman–Crippen LogP) is 0.971. The summed E-state index contributed by atoms with van der Waals surface area (Å²) in [6, 6.07) is 10.1. The zero-order valence-electron chi connectivity index (χ0n) is 14.4. The third-order valence-electron chi connectivity index (χ3n) is 4.96. The molecule has 0 unspecified atom stereocenters. The second-order valence-corrected chi connectivity index (χ2v) is 9.14. The molecule has 2 saturated heterocycles. The number of hydrogen-bond donors (Lipinski definition) is 1. The van der Waals surface area contributed by atoms with Gasteiger partial charge in [-0.2, -0.15) is 0 Å². The van der Waals surface area contributed by atoms with Gasteiger partial charge in [0.2, 0.25) is 5.91 Å². The molecule has 6 nitrogen and oxygen atoms in total. The summed E-state index contributed by atoms with van der Waals surface area (Å²) in [7, 11) is -2.84. The summed E-state index contributed by atoms with van der Waals surface area (Å²) in [4.78, 5) is 14.3. The van der Waals surface area contributed by atoms with Gasteiger partial charge in [0.1, 0.15) is 6.61 Å². The van der Waals surface area contributed by atoms with E-state index in [1.54, 1.807) is 0 Å². The zero-order valence-corrected chi connectivity index (χ0v) is 15.2. The Bertz CT molecular complexity index is 670. The van der Waals surface area contributed by atoms with Gasteiger partial charge >= 0.3 is 0 Å². The van der Waals surface area contributed by atoms with Crippen molar-refractivity contribution < 1.29 is 17.9 Å². The minimum Gasteiger partial charge on any atom is -0.367 e. The standard InChI is InChI=1S/C18H26N2O4S/c21-18(13-24-12-15-4-2-1-3-5-15)19-16-6-9-20(10-7-16)17-8-11-25(22,23)14-17/h1-5,16-17H,6-14H2,(H,19,21)/t17-/m1/s1. The Balaban J connectivity index is 1.34. The quantitative estimate of drug-likeness (QED) is 0.812. The first-order valence-corrected chi connectivity index (χ1v) is 10.7. The van der Waals surface area contributed by atoms with Crippen LogP contribution in [0.4, 0.5) is 0 Å². The molecular formula is C18H26N2O4S. The molecule has 7 heteroatoms. The van der Waals surface area contributed by atoms with E-state index in [9.17, 15) is 13.2 Å². The number of nitrogens with zero attached hydrogens (tertiary/aromatic N) is 1. The van der Waals surface area contributed by atoms with Gasteiger partial charge in [-0.3, -0.25) is 9.69 Å². The highest BCUT2D eigenvalue weighted by Crippen LogP contribution is 2.21. The maximum Gasteiger partial charge on any atom is 0.246 e. The molecule has 0 radical (unpaired) electrons. The predicted molar refractivity (Wildman–Crippen MR) is 95.9 cm³/mol. The average Bonchev–Trinajstić information content (AvgIpc) is 2.96. The molecule has 2 aliphatic heterocycles. The van der Waals surface area contributed by atoms with Crippen LogP contribution in [0.2, 0.25) is 0 Å². The maximum absolute atomic E-state index is 12.0. The molecule has 25 heavy (non-hydrogen) atoms. The molecule has 0 aromatic heterocycles. The van der Waals surface area contributed by atoms with E-state index in [0.717, 1.165) is 37.9 Å². The summed E-state index contributed by atoms with van der Waals surface area (Å²) in [6.07, 6.45) is 2.47. The Morgan fingerprint density at radius 2 is 1.88 bits per heavy atom. The molecule has 138 valence electrons. The van der Waals surface area contributed by atoms with Crippen LogP contribution in [-0.4, -0.2) is 62.5 Å². The minimum absolute atomic E-state index is 0.0655. The van der Waals surface area contributed by atoms with E-state index in [1.807, 2.05) is 30.3 Å². The number of hydrogen-bond acceptors (Lipinski definition) is 5. The summed E-state index contributed by atoms with van der Waals surface area (Å²) >= 11 is 0. The Morgan fingerprint density at radius 3 is 2.52 bits per heavy atom. The van der Waals surface area contributed by atoms with Crippen molar-refractivity contribution in [1.29, 1.82) is 0 Å². The smallest absolute Gasteiger partial charge is 0.246 e. The van der Waals surface area contributed by atoms with Crippen LogP contribution < -0.4 is 5.32 Å². The monoisotopic (exact) mass is 366 g/mol. The van der Waals surface area contributed by atoms with E-state index in [4.69, 9.17) is 4.74 Å². The molecule has 1 aromatic rings. The van der Waals surface area contributed by atoms with Crippen molar-refractivity contribution in [3.8, 4) is 0 Å². The second kappa shape index (κ2) is 8.29. The number of rotatable bonds is 6. The van der Waals surface area contributed by atoms with Gasteiger partial charge in [-0.1, -0.05) is 30.3 Å². The third-order valence-corrected chi connectivity index (χ3v) is 6.71. The van der Waals surface area contributed by atoms with Gasteiger partial charge in [0, 0.05) is 25.2 Å². The highest BCUT2D eigenvalue weighted by molar-refractivity contribution is 7.91. The second-order valence-electron chi connectivity index (χ2n) is 6.91. The van der Waals surface area contributed by atoms with Crippen molar-refractivity contribution >= 4 is 15.7 Å². The lowest BCUT2D eigenvalue weighted by Gasteiger charge is -2.35. The summed E-state index contributed by atoms with van der Waals surface area (Å²) in [5.41, 5.74) is 1.05. The van der Waals surface area contributed by atoms with Gasteiger partial charge in [-0.05, 0) is 24.8 Å². The molecule has 1 amide bonds. The zero-order chi connectivity index (χ0) is 17.7. The lowest BCUT2D eigenvalue weighted by Crippen LogP contribution is -2.48. The van der Waals surface area contributed by atoms with E-state index in [0.29, 0.717) is 12.4 Å². The normalized spacial score (nSPS) is 24.2. The van der Waals surface area contributed by atoms with Crippen molar-refractivity contribution in [2.75, 3.05) is 31.2 Å². The van der Waals surface area contributed by atoms with E-state index in [2.05, 4.69) is 10.2 Å². The van der Waals surface area contributed by atoms with Crippen LogP contribution in [0.25, 0.3) is 0 Å². The number of piperidine rings is 1. The van der Waals surface area contributed by atoms with Crippen LogP contribution in [0, 0.1) is 0 Å². The Hall–Kier alpha value is -1.44. The molecule has 1 atom stereocenters.